The zero-order chi connectivity index (χ0) is 16.6. The zero-order valence-corrected chi connectivity index (χ0v) is 14.9. The van der Waals surface area contributed by atoms with Crippen molar-refractivity contribution in [3.63, 3.8) is 0 Å². The van der Waals surface area contributed by atoms with Crippen LogP contribution in [0.4, 0.5) is 0 Å². The second kappa shape index (κ2) is 8.53. The normalized spacial score (nSPS) is 18.7. The van der Waals surface area contributed by atoms with Gasteiger partial charge in [0.25, 0.3) is 0 Å². The van der Waals surface area contributed by atoms with E-state index in [4.69, 9.17) is 0 Å². The summed E-state index contributed by atoms with van der Waals surface area (Å²) in [6.45, 7) is 11.2. The van der Waals surface area contributed by atoms with Crippen molar-refractivity contribution in [2.75, 3.05) is 19.6 Å². The number of nitrogens with one attached hydrogen (secondary N) is 1. The molecule has 4 heteroatoms. The Morgan fingerprint density at radius 3 is 2.36 bits per heavy atom. The Morgan fingerprint density at radius 1 is 1.23 bits per heavy atom. The highest BCUT2D eigenvalue weighted by Crippen LogP contribution is 2.28. The smallest absolute Gasteiger partial charge is 0.226 e. The summed E-state index contributed by atoms with van der Waals surface area (Å²) in [6, 6.07) is 2.39. The van der Waals surface area contributed by atoms with E-state index >= 15 is 0 Å². The number of nitriles is 1. The fourth-order valence-corrected chi connectivity index (χ4v) is 3.06. The SMILES string of the molecule is CCCCCC(C)(C)C(=O)NC1(C#N)CCN(CCC)CC1. The highest BCUT2D eigenvalue weighted by molar-refractivity contribution is 5.83. The van der Waals surface area contributed by atoms with Gasteiger partial charge in [0.15, 0.2) is 0 Å². The van der Waals surface area contributed by atoms with Gasteiger partial charge in [-0.05, 0) is 32.2 Å². The molecule has 0 spiro atoms. The molecule has 1 saturated heterocycles. The Bertz CT molecular complexity index is 390. The molecule has 1 aliphatic rings. The quantitative estimate of drug-likeness (QED) is 0.698. The van der Waals surface area contributed by atoms with Crippen molar-refractivity contribution >= 4 is 5.91 Å². The van der Waals surface area contributed by atoms with E-state index in [1.54, 1.807) is 0 Å². The number of nitrogens with zero attached hydrogens (tertiary/aromatic N) is 2. The van der Waals surface area contributed by atoms with Gasteiger partial charge in [0, 0.05) is 18.5 Å². The van der Waals surface area contributed by atoms with Gasteiger partial charge in [0.05, 0.1) is 6.07 Å². The first-order valence-corrected chi connectivity index (χ1v) is 8.85. The summed E-state index contributed by atoms with van der Waals surface area (Å²) in [5.74, 6) is 0.0362. The molecule has 0 atom stereocenters. The fraction of sp³-hybridized carbons (Fsp3) is 0.889. The molecule has 22 heavy (non-hydrogen) atoms. The van der Waals surface area contributed by atoms with Crippen LogP contribution in [0.1, 0.15) is 72.6 Å². The van der Waals surface area contributed by atoms with Gasteiger partial charge in [0.2, 0.25) is 5.91 Å². The van der Waals surface area contributed by atoms with E-state index in [1.807, 2.05) is 13.8 Å². The van der Waals surface area contributed by atoms with E-state index in [9.17, 15) is 10.1 Å². The van der Waals surface area contributed by atoms with Gasteiger partial charge in [-0.1, -0.05) is 47.0 Å². The Kier molecular flexibility index (Phi) is 7.35. The van der Waals surface area contributed by atoms with Gasteiger partial charge in [0.1, 0.15) is 5.54 Å². The molecule has 1 rings (SSSR count). The summed E-state index contributed by atoms with van der Waals surface area (Å²) in [5, 5.41) is 12.7. The molecule has 1 amide bonds. The first kappa shape index (κ1) is 19.0. The van der Waals surface area contributed by atoms with Crippen LogP contribution in [0.3, 0.4) is 0 Å². The zero-order valence-electron chi connectivity index (χ0n) is 14.9. The lowest BCUT2D eigenvalue weighted by molar-refractivity contribution is -0.131. The number of rotatable bonds is 8. The Hall–Kier alpha value is -1.08. The van der Waals surface area contributed by atoms with E-state index in [0.717, 1.165) is 64.6 Å². The molecule has 1 fully saturated rings. The lowest BCUT2D eigenvalue weighted by Gasteiger charge is -2.39. The van der Waals surface area contributed by atoms with E-state index in [0.29, 0.717) is 0 Å². The van der Waals surface area contributed by atoms with Crippen LogP contribution in [0.2, 0.25) is 0 Å². The second-order valence-corrected chi connectivity index (χ2v) is 7.33. The number of unbranched alkanes of at least 4 members (excludes halogenated alkanes) is 2. The van der Waals surface area contributed by atoms with Crippen LogP contribution >= 0.6 is 0 Å². The van der Waals surface area contributed by atoms with E-state index < -0.39 is 5.54 Å². The highest BCUT2D eigenvalue weighted by Gasteiger charge is 2.39. The molecule has 1 N–H and O–H groups in total. The molecule has 0 aromatic heterocycles. The number of hydrogen-bond acceptors (Lipinski definition) is 3. The average molecular weight is 307 g/mol. The molecule has 0 aliphatic carbocycles. The lowest BCUT2D eigenvalue weighted by Crippen LogP contribution is -2.57. The van der Waals surface area contributed by atoms with E-state index in [1.165, 1.54) is 0 Å². The van der Waals surface area contributed by atoms with Crippen molar-refractivity contribution in [1.82, 2.24) is 10.2 Å². The summed E-state index contributed by atoms with van der Waals surface area (Å²) in [6.07, 6.45) is 6.88. The van der Waals surface area contributed by atoms with Crippen LogP contribution in [0.25, 0.3) is 0 Å². The molecule has 0 unspecified atom stereocenters. The first-order valence-electron chi connectivity index (χ1n) is 8.85. The van der Waals surface area contributed by atoms with Gasteiger partial charge in [-0.15, -0.1) is 0 Å². The summed E-state index contributed by atoms with van der Waals surface area (Å²) in [4.78, 5) is 15.0. The van der Waals surface area contributed by atoms with Crippen LogP contribution in [0, 0.1) is 16.7 Å². The molecule has 0 radical (unpaired) electrons. The van der Waals surface area contributed by atoms with Crippen molar-refractivity contribution in [2.24, 2.45) is 5.41 Å². The van der Waals surface area contributed by atoms with Crippen LogP contribution in [-0.2, 0) is 4.79 Å². The van der Waals surface area contributed by atoms with Crippen molar-refractivity contribution in [2.45, 2.75) is 78.2 Å². The van der Waals surface area contributed by atoms with Crippen LogP contribution in [0.5, 0.6) is 0 Å². The summed E-state index contributed by atoms with van der Waals surface area (Å²) >= 11 is 0. The largest absolute Gasteiger partial charge is 0.337 e. The predicted molar refractivity (Wildman–Crippen MR) is 90.4 cm³/mol. The average Bonchev–Trinajstić information content (AvgIpc) is 2.50. The molecule has 0 saturated carbocycles. The first-order chi connectivity index (χ1) is 10.4. The molecule has 0 aromatic carbocycles. The topological polar surface area (TPSA) is 56.1 Å². The molecule has 0 aromatic rings. The molecule has 1 heterocycles. The van der Waals surface area contributed by atoms with Crippen molar-refractivity contribution < 1.29 is 4.79 Å². The third-order valence-electron chi connectivity index (χ3n) is 4.84. The number of hydrogen-bond donors (Lipinski definition) is 1. The third-order valence-corrected chi connectivity index (χ3v) is 4.84. The van der Waals surface area contributed by atoms with Gasteiger partial charge in [-0.25, -0.2) is 0 Å². The minimum atomic E-state index is -0.663. The van der Waals surface area contributed by atoms with E-state index in [-0.39, 0.29) is 11.3 Å². The number of carbonyl (C=O) groups is 1. The molecule has 0 bridgehead atoms. The Labute approximate surface area is 136 Å². The molecular formula is C18H33N3O. The number of likely N-dealkylation sites (tertiary alicyclic amines) is 1. The predicted octanol–water partition coefficient (Wildman–Crippen LogP) is 3.48. The Morgan fingerprint density at radius 2 is 1.86 bits per heavy atom. The lowest BCUT2D eigenvalue weighted by atomic mass is 9.82. The molecule has 126 valence electrons. The van der Waals surface area contributed by atoms with Crippen molar-refractivity contribution in [3.05, 3.63) is 0 Å². The molecule has 4 nitrogen and oxygen atoms in total. The van der Waals surface area contributed by atoms with E-state index in [2.05, 4.69) is 30.1 Å². The Balaban J connectivity index is 2.59. The minimum Gasteiger partial charge on any atom is -0.337 e. The van der Waals surface area contributed by atoms with Gasteiger partial charge in [-0.3, -0.25) is 4.79 Å². The minimum absolute atomic E-state index is 0.0362. The fourth-order valence-electron chi connectivity index (χ4n) is 3.06. The summed E-state index contributed by atoms with van der Waals surface area (Å²) < 4.78 is 0. The standard InChI is InChI=1S/C18H33N3O/c1-5-7-8-9-17(3,4)16(22)20-18(15-19)10-13-21(12-6-2)14-11-18/h5-14H2,1-4H3,(H,20,22). The molecule has 1 aliphatic heterocycles. The number of piperidine rings is 1. The van der Waals surface area contributed by atoms with Gasteiger partial charge < -0.3 is 10.2 Å². The van der Waals surface area contributed by atoms with Crippen LogP contribution < -0.4 is 5.32 Å². The number of carbonyl (C=O) groups excluding carboxylic acids is 1. The molecular weight excluding hydrogens is 274 g/mol. The maximum Gasteiger partial charge on any atom is 0.226 e. The van der Waals surface area contributed by atoms with Gasteiger partial charge in [-0.2, -0.15) is 5.26 Å². The van der Waals surface area contributed by atoms with Gasteiger partial charge >= 0.3 is 0 Å². The monoisotopic (exact) mass is 307 g/mol. The maximum absolute atomic E-state index is 12.6. The highest BCUT2D eigenvalue weighted by atomic mass is 16.2. The van der Waals surface area contributed by atoms with Crippen LogP contribution in [-0.4, -0.2) is 36.0 Å². The number of amides is 1. The van der Waals surface area contributed by atoms with Crippen LogP contribution in [0.15, 0.2) is 0 Å². The summed E-state index contributed by atoms with van der Waals surface area (Å²) in [7, 11) is 0. The summed E-state index contributed by atoms with van der Waals surface area (Å²) in [5.41, 5.74) is -1.05. The van der Waals surface area contributed by atoms with Crippen molar-refractivity contribution in [3.8, 4) is 6.07 Å². The van der Waals surface area contributed by atoms with Crippen molar-refractivity contribution in [1.29, 1.82) is 5.26 Å². The maximum atomic E-state index is 12.6. The third kappa shape index (κ3) is 5.28. The second-order valence-electron chi connectivity index (χ2n) is 7.33.